The first-order valence-corrected chi connectivity index (χ1v) is 8.51. The first kappa shape index (κ1) is 17.9. The predicted octanol–water partition coefficient (Wildman–Crippen LogP) is 3.43. The molecule has 1 aliphatic heterocycles. The van der Waals surface area contributed by atoms with Gasteiger partial charge >= 0.3 is 6.03 Å². The number of methoxy groups -OCH3 is 1. The van der Waals surface area contributed by atoms with E-state index in [1.807, 2.05) is 6.92 Å². The molecule has 7 heteroatoms. The number of hydrogen-bond acceptors (Lipinski definition) is 4. The summed E-state index contributed by atoms with van der Waals surface area (Å²) in [5.74, 6) is -0.712. The summed E-state index contributed by atoms with van der Waals surface area (Å²) in [5.41, 5.74) is 1.79. The van der Waals surface area contributed by atoms with Crippen molar-refractivity contribution in [2.24, 2.45) is 0 Å². The highest BCUT2D eigenvalue weighted by Crippen LogP contribution is 2.25. The summed E-state index contributed by atoms with van der Waals surface area (Å²) in [4.78, 5) is 38.1. The lowest BCUT2D eigenvalue weighted by atomic mass is 10.0. The third kappa shape index (κ3) is 3.39. The second kappa shape index (κ2) is 7.13. The second-order valence-corrected chi connectivity index (χ2v) is 6.57. The first-order valence-electron chi connectivity index (χ1n) is 7.72. The lowest BCUT2D eigenvalue weighted by Crippen LogP contribution is -2.54. The van der Waals surface area contributed by atoms with E-state index in [4.69, 9.17) is 4.74 Å². The number of ether oxygens (including phenoxy) is 1. The number of urea groups is 1. The van der Waals surface area contributed by atoms with E-state index in [9.17, 15) is 14.4 Å². The number of nitrogens with zero attached hydrogens (tertiary/aromatic N) is 1. The molecule has 1 fully saturated rings. The maximum Gasteiger partial charge on any atom is 0.335 e. The lowest BCUT2D eigenvalue weighted by Gasteiger charge is -2.26. The Morgan fingerprint density at radius 1 is 1.08 bits per heavy atom. The molecule has 3 rings (SSSR count). The van der Waals surface area contributed by atoms with Crippen LogP contribution in [-0.2, 0) is 9.59 Å². The number of rotatable bonds is 3. The number of amides is 4. The van der Waals surface area contributed by atoms with Crippen LogP contribution in [0.15, 0.2) is 52.5 Å². The van der Waals surface area contributed by atoms with Gasteiger partial charge in [-0.15, -0.1) is 0 Å². The summed E-state index contributed by atoms with van der Waals surface area (Å²) in [6.07, 6.45) is 1.48. The molecule has 4 amide bonds. The minimum absolute atomic E-state index is 0.110. The smallest absolute Gasteiger partial charge is 0.335 e. The Bertz CT molecular complexity index is 935. The number of barbiturate groups is 1. The first-order chi connectivity index (χ1) is 12.4. The molecule has 0 aromatic heterocycles. The minimum atomic E-state index is -0.772. The molecule has 0 aliphatic carbocycles. The molecule has 6 nitrogen and oxygen atoms in total. The van der Waals surface area contributed by atoms with E-state index < -0.39 is 17.8 Å². The largest absolute Gasteiger partial charge is 0.497 e. The molecular formula is C19H15BrN2O4. The molecule has 0 unspecified atom stereocenters. The summed E-state index contributed by atoms with van der Waals surface area (Å²) in [6, 6.07) is 11.2. The number of carbonyl (C=O) groups excluding carboxylic acids is 3. The third-order valence-electron chi connectivity index (χ3n) is 3.96. The van der Waals surface area contributed by atoms with Gasteiger partial charge in [0.2, 0.25) is 0 Å². The fraction of sp³-hybridized carbons (Fsp3) is 0.105. The van der Waals surface area contributed by atoms with Gasteiger partial charge in [0.15, 0.2) is 0 Å². The molecule has 2 aromatic rings. The zero-order chi connectivity index (χ0) is 18.8. The minimum Gasteiger partial charge on any atom is -0.497 e. The van der Waals surface area contributed by atoms with Gasteiger partial charge in [-0.25, -0.2) is 9.69 Å². The summed E-state index contributed by atoms with van der Waals surface area (Å²) >= 11 is 3.31. The van der Waals surface area contributed by atoms with Crippen molar-refractivity contribution < 1.29 is 19.1 Å². The highest BCUT2D eigenvalue weighted by molar-refractivity contribution is 9.10. The topological polar surface area (TPSA) is 75.7 Å². The van der Waals surface area contributed by atoms with E-state index >= 15 is 0 Å². The van der Waals surface area contributed by atoms with Crippen molar-refractivity contribution in [3.8, 4) is 5.75 Å². The van der Waals surface area contributed by atoms with E-state index in [2.05, 4.69) is 21.2 Å². The Hall–Kier alpha value is -2.93. The molecule has 0 atom stereocenters. The lowest BCUT2D eigenvalue weighted by molar-refractivity contribution is -0.122. The van der Waals surface area contributed by atoms with E-state index in [1.165, 1.54) is 6.08 Å². The van der Waals surface area contributed by atoms with Crippen LogP contribution in [0.5, 0.6) is 5.75 Å². The average Bonchev–Trinajstić information content (AvgIpc) is 2.61. The maximum absolute atomic E-state index is 12.8. The number of anilines is 1. The van der Waals surface area contributed by atoms with Gasteiger partial charge in [-0.2, -0.15) is 0 Å². The second-order valence-electron chi connectivity index (χ2n) is 5.66. The van der Waals surface area contributed by atoms with Crippen LogP contribution < -0.4 is 15.0 Å². The van der Waals surface area contributed by atoms with Crippen LogP contribution in [0.3, 0.4) is 0 Å². The van der Waals surface area contributed by atoms with Gasteiger partial charge in [-0.05, 0) is 60.5 Å². The number of imide groups is 2. The number of carbonyl (C=O) groups is 3. The highest BCUT2D eigenvalue weighted by Gasteiger charge is 2.36. The Kier molecular flexibility index (Phi) is 4.90. The molecule has 1 saturated heterocycles. The number of benzene rings is 2. The van der Waals surface area contributed by atoms with Crippen molar-refractivity contribution in [3.05, 3.63) is 63.6 Å². The van der Waals surface area contributed by atoms with Crippen molar-refractivity contribution in [2.45, 2.75) is 6.92 Å². The molecule has 0 radical (unpaired) electrons. The molecule has 1 heterocycles. The van der Waals surface area contributed by atoms with Gasteiger partial charge in [-0.1, -0.05) is 22.0 Å². The van der Waals surface area contributed by atoms with E-state index in [0.29, 0.717) is 17.0 Å². The predicted molar refractivity (Wildman–Crippen MR) is 101 cm³/mol. The zero-order valence-electron chi connectivity index (χ0n) is 14.1. The molecule has 26 heavy (non-hydrogen) atoms. The average molecular weight is 415 g/mol. The van der Waals surface area contributed by atoms with Crippen LogP contribution in [0.4, 0.5) is 10.5 Å². The van der Waals surface area contributed by atoms with Gasteiger partial charge in [0, 0.05) is 4.47 Å². The fourth-order valence-corrected chi connectivity index (χ4v) is 2.84. The number of aryl methyl sites for hydroxylation is 1. The van der Waals surface area contributed by atoms with E-state index in [0.717, 1.165) is 14.9 Å². The molecule has 1 N–H and O–H groups in total. The Morgan fingerprint density at radius 2 is 1.77 bits per heavy atom. The standard InChI is InChI=1S/C19H15BrN2O4/c1-11-9-15(26-2)8-3-12(11)10-16-17(23)21-19(25)22(18(16)24)14-6-4-13(20)5-7-14/h3-10H,1-2H3,(H,21,23,25)/b16-10+. The third-order valence-corrected chi connectivity index (χ3v) is 4.49. The van der Waals surface area contributed by atoms with Crippen molar-refractivity contribution in [3.63, 3.8) is 0 Å². The Morgan fingerprint density at radius 3 is 2.38 bits per heavy atom. The van der Waals surface area contributed by atoms with E-state index in [-0.39, 0.29) is 5.57 Å². The van der Waals surface area contributed by atoms with Crippen LogP contribution in [0.2, 0.25) is 0 Å². The highest BCUT2D eigenvalue weighted by atomic mass is 79.9. The number of hydrogen-bond donors (Lipinski definition) is 1. The summed E-state index contributed by atoms with van der Waals surface area (Å²) in [5, 5.41) is 2.21. The Balaban J connectivity index is 2.01. The zero-order valence-corrected chi connectivity index (χ0v) is 15.7. The summed E-state index contributed by atoms with van der Waals surface area (Å²) in [7, 11) is 1.56. The van der Waals surface area contributed by atoms with Crippen LogP contribution in [0.25, 0.3) is 6.08 Å². The summed E-state index contributed by atoms with van der Waals surface area (Å²) in [6.45, 7) is 1.85. The molecule has 0 saturated carbocycles. The number of halogens is 1. The van der Waals surface area contributed by atoms with Gasteiger partial charge < -0.3 is 4.74 Å². The maximum atomic E-state index is 12.8. The van der Waals surface area contributed by atoms with Gasteiger partial charge in [0.1, 0.15) is 11.3 Å². The van der Waals surface area contributed by atoms with Crippen LogP contribution in [-0.4, -0.2) is 25.0 Å². The van der Waals surface area contributed by atoms with Crippen LogP contribution >= 0.6 is 15.9 Å². The van der Waals surface area contributed by atoms with Crippen LogP contribution in [0, 0.1) is 6.92 Å². The molecule has 1 aliphatic rings. The fourth-order valence-electron chi connectivity index (χ4n) is 2.57. The van der Waals surface area contributed by atoms with Crippen molar-refractivity contribution >= 4 is 45.5 Å². The van der Waals surface area contributed by atoms with Gasteiger partial charge in [-0.3, -0.25) is 14.9 Å². The van der Waals surface area contributed by atoms with Crippen molar-refractivity contribution in [1.82, 2.24) is 5.32 Å². The van der Waals surface area contributed by atoms with Crippen LogP contribution in [0.1, 0.15) is 11.1 Å². The normalized spacial score (nSPS) is 16.0. The number of nitrogens with one attached hydrogen (secondary N) is 1. The van der Waals surface area contributed by atoms with E-state index in [1.54, 1.807) is 49.6 Å². The molecule has 0 bridgehead atoms. The summed E-state index contributed by atoms with van der Waals surface area (Å²) < 4.78 is 5.97. The van der Waals surface area contributed by atoms with Crippen molar-refractivity contribution in [1.29, 1.82) is 0 Å². The Labute approximate surface area is 158 Å². The monoisotopic (exact) mass is 414 g/mol. The molecule has 2 aromatic carbocycles. The SMILES string of the molecule is COc1ccc(/C=C2\C(=O)NC(=O)N(c3ccc(Br)cc3)C2=O)c(C)c1. The molecule has 0 spiro atoms. The van der Waals surface area contributed by atoms with Crippen molar-refractivity contribution in [2.75, 3.05) is 12.0 Å². The molecular weight excluding hydrogens is 400 g/mol. The van der Waals surface area contributed by atoms with Gasteiger partial charge in [0.05, 0.1) is 12.8 Å². The molecule has 132 valence electrons. The van der Waals surface area contributed by atoms with Gasteiger partial charge in [0.25, 0.3) is 11.8 Å². The quantitative estimate of drug-likeness (QED) is 0.616.